The number of aromatic carboxylic acids is 1. The van der Waals surface area contributed by atoms with Crippen molar-refractivity contribution < 1.29 is 43.2 Å². The molecule has 0 unspecified atom stereocenters. The maximum absolute atomic E-state index is 12.1. The first kappa shape index (κ1) is 23.1. The SMILES string of the molecule is O=C(O)c1cc(-c2ccccc2)[o+]c(-c2ccccc2)c1-c1ccccc1.[O-][Cl+3]([O-])([O-])[O-]. The molecule has 3 aromatic carbocycles. The van der Waals surface area contributed by atoms with E-state index in [2.05, 4.69) is 0 Å². The Morgan fingerprint density at radius 1 is 0.688 bits per heavy atom. The third kappa shape index (κ3) is 6.21. The van der Waals surface area contributed by atoms with Gasteiger partial charge < -0.3 is 5.11 Å². The summed E-state index contributed by atoms with van der Waals surface area (Å²) in [7, 11) is -4.94. The molecule has 0 fully saturated rings. The number of rotatable bonds is 4. The van der Waals surface area contributed by atoms with Crippen molar-refractivity contribution in [2.75, 3.05) is 0 Å². The molecule has 0 saturated heterocycles. The minimum absolute atomic E-state index is 0.213. The smallest absolute Gasteiger partial charge is 0.369 e. The van der Waals surface area contributed by atoms with Crippen LogP contribution in [0.3, 0.4) is 0 Å². The van der Waals surface area contributed by atoms with Gasteiger partial charge in [0.15, 0.2) is 0 Å². The maximum Gasteiger partial charge on any atom is 0.369 e. The molecule has 0 aliphatic carbocycles. The number of carbonyl (C=O) groups is 1. The molecule has 0 atom stereocenters. The molecular weight excluding hydrogens is 436 g/mol. The van der Waals surface area contributed by atoms with Crippen LogP contribution in [-0.2, 0) is 0 Å². The maximum atomic E-state index is 12.1. The average molecular weight is 453 g/mol. The standard InChI is InChI=1S/C24H16O3.ClHO4/c25-24(26)20-16-21(17-10-4-1-5-11-17)27-23(19-14-8-3-9-15-19)22(20)18-12-6-2-7-13-18;2-1(3,4)5/h1-16H;(H,2,3,4,5). The zero-order chi connectivity index (χ0) is 23.1. The van der Waals surface area contributed by atoms with Crippen LogP contribution in [-0.4, -0.2) is 11.1 Å². The van der Waals surface area contributed by atoms with Crippen LogP contribution < -0.4 is 18.6 Å². The minimum Gasteiger partial charge on any atom is -0.478 e. The summed E-state index contributed by atoms with van der Waals surface area (Å²) in [4.78, 5) is 12.1. The van der Waals surface area contributed by atoms with Crippen molar-refractivity contribution in [3.63, 3.8) is 0 Å². The summed E-state index contributed by atoms with van der Waals surface area (Å²) < 4.78 is 40.2. The van der Waals surface area contributed by atoms with Crippen LogP contribution in [0.15, 0.2) is 101 Å². The molecule has 1 N–H and O–H groups in total. The Bertz CT molecular complexity index is 1170. The molecule has 0 bridgehead atoms. The van der Waals surface area contributed by atoms with Crippen LogP contribution in [0.2, 0.25) is 0 Å². The summed E-state index contributed by atoms with van der Waals surface area (Å²) in [5, 5.41) is 9.93. The number of halogens is 1. The van der Waals surface area contributed by atoms with E-state index in [0.29, 0.717) is 17.1 Å². The Hall–Kier alpha value is -3.59. The van der Waals surface area contributed by atoms with Crippen molar-refractivity contribution in [1.82, 2.24) is 0 Å². The fourth-order valence-corrected chi connectivity index (χ4v) is 3.11. The summed E-state index contributed by atoms with van der Waals surface area (Å²) in [6, 6.07) is 30.2. The van der Waals surface area contributed by atoms with Crippen LogP contribution in [0, 0.1) is 10.2 Å². The van der Waals surface area contributed by atoms with Gasteiger partial charge in [-0.1, -0.05) is 66.7 Å². The molecule has 0 spiro atoms. The van der Waals surface area contributed by atoms with Gasteiger partial charge in [0, 0.05) is 0 Å². The summed E-state index contributed by atoms with van der Waals surface area (Å²) in [6.07, 6.45) is 0. The number of hydrogen-bond acceptors (Lipinski definition) is 5. The first-order valence-electron chi connectivity index (χ1n) is 9.26. The first-order valence-corrected chi connectivity index (χ1v) is 10.5. The van der Waals surface area contributed by atoms with Gasteiger partial charge >= 0.3 is 17.5 Å². The molecule has 1 aromatic heterocycles. The molecule has 0 saturated carbocycles. The predicted octanol–water partition coefficient (Wildman–Crippen LogP) is 1.50. The van der Waals surface area contributed by atoms with Crippen molar-refractivity contribution in [2.45, 2.75) is 0 Å². The minimum atomic E-state index is -4.94. The van der Waals surface area contributed by atoms with Gasteiger partial charge in [0.25, 0.3) is 0 Å². The van der Waals surface area contributed by atoms with E-state index in [-0.39, 0.29) is 5.56 Å². The summed E-state index contributed by atoms with van der Waals surface area (Å²) >= 11 is 0. The highest BCUT2D eigenvalue weighted by Gasteiger charge is 2.30. The first-order chi connectivity index (χ1) is 15.2. The van der Waals surface area contributed by atoms with Crippen molar-refractivity contribution in [1.29, 1.82) is 0 Å². The van der Waals surface area contributed by atoms with Crippen LogP contribution in [0.4, 0.5) is 0 Å². The van der Waals surface area contributed by atoms with Crippen molar-refractivity contribution in [3.05, 3.63) is 103 Å². The zero-order valence-electron chi connectivity index (χ0n) is 16.5. The second-order valence-corrected chi connectivity index (χ2v) is 7.27. The molecule has 0 amide bonds. The average Bonchev–Trinajstić information content (AvgIpc) is 2.79. The van der Waals surface area contributed by atoms with E-state index in [1.165, 1.54) is 0 Å². The van der Waals surface area contributed by atoms with E-state index in [0.717, 1.165) is 16.7 Å². The van der Waals surface area contributed by atoms with E-state index in [4.69, 9.17) is 23.1 Å². The second-order valence-electron chi connectivity index (χ2n) is 6.51. The zero-order valence-corrected chi connectivity index (χ0v) is 17.3. The lowest BCUT2D eigenvalue weighted by Crippen LogP contribution is -2.68. The molecule has 1 heterocycles. The van der Waals surface area contributed by atoms with Gasteiger partial charge in [-0.05, 0) is 29.8 Å². The van der Waals surface area contributed by atoms with Gasteiger partial charge in [-0.2, -0.15) is 0 Å². The second kappa shape index (κ2) is 10.1. The molecule has 4 rings (SSSR count). The van der Waals surface area contributed by atoms with Crippen LogP contribution in [0.25, 0.3) is 33.8 Å². The largest absolute Gasteiger partial charge is 0.478 e. The molecule has 8 heteroatoms. The Labute approximate surface area is 185 Å². The van der Waals surface area contributed by atoms with E-state index in [1.54, 1.807) is 6.07 Å². The van der Waals surface area contributed by atoms with Crippen LogP contribution in [0.1, 0.15) is 10.4 Å². The molecule has 0 aliphatic heterocycles. The number of benzene rings is 3. The molecule has 162 valence electrons. The van der Waals surface area contributed by atoms with E-state index >= 15 is 0 Å². The number of carboxylic acids is 1. The lowest BCUT2D eigenvalue weighted by atomic mass is 9.94. The quantitative estimate of drug-likeness (QED) is 0.462. The monoisotopic (exact) mass is 452 g/mol. The third-order valence-electron chi connectivity index (χ3n) is 4.37. The van der Waals surface area contributed by atoms with Crippen molar-refractivity contribution in [3.8, 4) is 33.8 Å². The summed E-state index contributed by atoms with van der Waals surface area (Å²) in [5.41, 5.74) is 3.25. The van der Waals surface area contributed by atoms with E-state index in [9.17, 15) is 9.90 Å². The molecule has 7 nitrogen and oxygen atoms in total. The Kier molecular flexibility index (Phi) is 7.32. The van der Waals surface area contributed by atoms with Crippen molar-refractivity contribution in [2.24, 2.45) is 0 Å². The summed E-state index contributed by atoms with van der Waals surface area (Å²) in [6.45, 7) is 0. The highest BCUT2D eigenvalue weighted by molar-refractivity contribution is 6.01. The van der Waals surface area contributed by atoms with E-state index < -0.39 is 16.2 Å². The van der Waals surface area contributed by atoms with Crippen LogP contribution in [0.5, 0.6) is 0 Å². The third-order valence-corrected chi connectivity index (χ3v) is 4.37. The molecule has 4 aromatic rings. The van der Waals surface area contributed by atoms with E-state index in [1.807, 2.05) is 91.0 Å². The highest BCUT2D eigenvalue weighted by atomic mass is 35.7. The number of hydrogen-bond donors (Lipinski definition) is 1. The fourth-order valence-electron chi connectivity index (χ4n) is 3.11. The van der Waals surface area contributed by atoms with Gasteiger partial charge in [0.1, 0.15) is 5.56 Å². The normalized spacial score (nSPS) is 10.8. The number of carboxylic acid groups (broad SMARTS) is 1. The molecule has 32 heavy (non-hydrogen) atoms. The topological polar surface area (TPSA) is 141 Å². The molecule has 0 radical (unpaired) electrons. The van der Waals surface area contributed by atoms with Crippen LogP contribution >= 0.6 is 0 Å². The lowest BCUT2D eigenvalue weighted by Gasteiger charge is -2.17. The van der Waals surface area contributed by atoms with Crippen molar-refractivity contribution >= 4 is 5.97 Å². The molecular formula is C24H17ClO7. The van der Waals surface area contributed by atoms with Gasteiger partial charge in [-0.25, -0.2) is 27.8 Å². The van der Waals surface area contributed by atoms with Gasteiger partial charge in [-0.15, -0.1) is 10.2 Å². The van der Waals surface area contributed by atoms with Gasteiger partial charge in [0.05, 0.1) is 22.8 Å². The Morgan fingerprint density at radius 3 is 1.53 bits per heavy atom. The van der Waals surface area contributed by atoms with Gasteiger partial charge in [0.2, 0.25) is 0 Å². The lowest BCUT2D eigenvalue weighted by molar-refractivity contribution is -2.00. The highest BCUT2D eigenvalue weighted by Crippen LogP contribution is 2.38. The Morgan fingerprint density at radius 2 is 1.09 bits per heavy atom. The predicted molar refractivity (Wildman–Crippen MR) is 106 cm³/mol. The fraction of sp³-hybridized carbons (Fsp3) is 0. The summed E-state index contributed by atoms with van der Waals surface area (Å²) in [5.74, 6) is 0.0751. The molecule has 0 aliphatic rings. The Balaban J connectivity index is 0.000000523. The van der Waals surface area contributed by atoms with Gasteiger partial charge in [-0.3, -0.25) is 0 Å².